The molecule has 0 unspecified atom stereocenters. The van der Waals surface area contributed by atoms with Gasteiger partial charge < -0.3 is 9.73 Å². The molecule has 24 heavy (non-hydrogen) atoms. The van der Waals surface area contributed by atoms with Gasteiger partial charge in [-0.15, -0.1) is 0 Å². The van der Waals surface area contributed by atoms with Gasteiger partial charge in [0.05, 0.1) is 5.39 Å². The van der Waals surface area contributed by atoms with Crippen molar-refractivity contribution in [1.29, 1.82) is 15.8 Å². The van der Waals surface area contributed by atoms with Crippen molar-refractivity contribution in [2.24, 2.45) is 0 Å². The van der Waals surface area contributed by atoms with Crippen molar-refractivity contribution >= 4 is 16.7 Å². The first-order valence-electron chi connectivity index (χ1n) is 6.17. The van der Waals surface area contributed by atoms with Crippen LogP contribution in [0.3, 0.4) is 0 Å². The van der Waals surface area contributed by atoms with E-state index in [4.69, 9.17) is 15.8 Å². The molecule has 0 spiro atoms. The molecule has 9 heteroatoms. The van der Waals surface area contributed by atoms with Gasteiger partial charge in [0.2, 0.25) is 5.76 Å². The Morgan fingerprint density at radius 3 is 2.29 bits per heavy atom. The number of benzene rings is 1. The van der Waals surface area contributed by atoms with E-state index in [1.54, 1.807) is 6.07 Å². The van der Waals surface area contributed by atoms with Crippen LogP contribution in [0.5, 0.6) is 0 Å². The Balaban J connectivity index is 2.55. The number of allylic oxidation sites excluding steroid dienone is 2. The molecule has 0 saturated heterocycles. The Morgan fingerprint density at radius 1 is 1.08 bits per heavy atom. The zero-order chi connectivity index (χ0) is 17.9. The van der Waals surface area contributed by atoms with E-state index in [0.717, 1.165) is 12.1 Å². The minimum absolute atomic E-state index is 0.133. The Bertz CT molecular complexity index is 1010. The van der Waals surface area contributed by atoms with Gasteiger partial charge in [-0.25, -0.2) is 0 Å². The first kappa shape index (κ1) is 16.6. The molecule has 0 fully saturated rings. The fraction of sp³-hybridized carbons (Fsp3) is 0.0667. The summed E-state index contributed by atoms with van der Waals surface area (Å²) in [6.07, 6.45) is -4.80. The average Bonchev–Trinajstić information content (AvgIpc) is 2.54. The summed E-state index contributed by atoms with van der Waals surface area (Å²) in [5.41, 5.74) is -1.90. The molecule has 0 aliphatic rings. The van der Waals surface area contributed by atoms with Gasteiger partial charge in [-0.1, -0.05) is 0 Å². The van der Waals surface area contributed by atoms with Crippen LogP contribution in [0.4, 0.5) is 18.9 Å². The average molecular weight is 330 g/mol. The third kappa shape index (κ3) is 3.18. The molecule has 1 N–H and O–H groups in total. The first-order chi connectivity index (χ1) is 11.3. The maximum Gasteiger partial charge on any atom is 0.449 e. The molecule has 0 bridgehead atoms. The lowest BCUT2D eigenvalue weighted by molar-refractivity contribution is -0.152. The van der Waals surface area contributed by atoms with Gasteiger partial charge in [0.15, 0.2) is 11.0 Å². The van der Waals surface area contributed by atoms with E-state index in [-0.39, 0.29) is 22.4 Å². The Labute approximate surface area is 132 Å². The van der Waals surface area contributed by atoms with Crippen LogP contribution in [-0.2, 0) is 6.18 Å². The largest absolute Gasteiger partial charge is 0.451 e. The van der Waals surface area contributed by atoms with Crippen LogP contribution in [0.15, 0.2) is 44.7 Å². The molecule has 118 valence electrons. The highest BCUT2D eigenvalue weighted by atomic mass is 19.4. The first-order valence-corrected chi connectivity index (χ1v) is 6.17. The van der Waals surface area contributed by atoms with Crippen molar-refractivity contribution in [3.63, 3.8) is 0 Å². The van der Waals surface area contributed by atoms with Gasteiger partial charge in [0, 0.05) is 11.8 Å². The van der Waals surface area contributed by atoms with Crippen molar-refractivity contribution in [1.82, 2.24) is 0 Å². The standard InChI is InChI=1S/C15H5F3N4O2/c16-15(17,18)14-4-12(23)10-3-9(1-2-13(10)24-14)22-11(7-21)8(5-19)6-20/h1-4,22H. The van der Waals surface area contributed by atoms with Crippen LogP contribution in [-0.4, -0.2) is 0 Å². The second-order valence-corrected chi connectivity index (χ2v) is 4.39. The number of rotatable bonds is 2. The van der Waals surface area contributed by atoms with Crippen molar-refractivity contribution in [3.05, 3.63) is 51.5 Å². The summed E-state index contributed by atoms with van der Waals surface area (Å²) >= 11 is 0. The fourth-order valence-electron chi connectivity index (χ4n) is 1.80. The lowest BCUT2D eigenvalue weighted by atomic mass is 10.1. The lowest BCUT2D eigenvalue weighted by Crippen LogP contribution is -2.11. The molecule has 2 aromatic rings. The van der Waals surface area contributed by atoms with Crippen LogP contribution < -0.4 is 10.7 Å². The van der Waals surface area contributed by atoms with Crippen LogP contribution in [0, 0.1) is 34.0 Å². The van der Waals surface area contributed by atoms with Crippen LogP contribution in [0.2, 0.25) is 0 Å². The number of hydrogen-bond acceptors (Lipinski definition) is 6. The summed E-state index contributed by atoms with van der Waals surface area (Å²) in [7, 11) is 0. The summed E-state index contributed by atoms with van der Waals surface area (Å²) in [6.45, 7) is 0. The van der Waals surface area contributed by atoms with Gasteiger partial charge in [-0.05, 0) is 18.2 Å². The zero-order valence-corrected chi connectivity index (χ0v) is 11.6. The number of hydrogen-bond donors (Lipinski definition) is 1. The zero-order valence-electron chi connectivity index (χ0n) is 11.6. The SMILES string of the molecule is N#CC(C#N)=C(C#N)Nc1ccc2oc(C(F)(F)F)cc(=O)c2c1. The monoisotopic (exact) mass is 330 g/mol. The molecule has 2 rings (SSSR count). The normalized spacial score (nSPS) is 10.3. The topological polar surface area (TPSA) is 114 Å². The molecule has 1 heterocycles. The highest BCUT2D eigenvalue weighted by Gasteiger charge is 2.34. The van der Waals surface area contributed by atoms with Crippen molar-refractivity contribution in [2.75, 3.05) is 5.32 Å². The van der Waals surface area contributed by atoms with E-state index >= 15 is 0 Å². The van der Waals surface area contributed by atoms with Crippen LogP contribution >= 0.6 is 0 Å². The van der Waals surface area contributed by atoms with Gasteiger partial charge in [-0.2, -0.15) is 29.0 Å². The number of alkyl halides is 3. The second-order valence-electron chi connectivity index (χ2n) is 4.39. The molecule has 0 aliphatic heterocycles. The van der Waals surface area contributed by atoms with E-state index in [9.17, 15) is 18.0 Å². The molecule has 1 aromatic carbocycles. The van der Waals surface area contributed by atoms with Crippen molar-refractivity contribution in [2.45, 2.75) is 6.18 Å². The molecular formula is C15H5F3N4O2. The molecule has 0 aliphatic carbocycles. The van der Waals surface area contributed by atoms with Gasteiger partial charge in [-0.3, -0.25) is 4.79 Å². The summed E-state index contributed by atoms with van der Waals surface area (Å²) in [4.78, 5) is 11.8. The predicted molar refractivity (Wildman–Crippen MR) is 75.0 cm³/mol. The van der Waals surface area contributed by atoms with E-state index in [1.807, 2.05) is 0 Å². The van der Waals surface area contributed by atoms with Crippen LogP contribution in [0.25, 0.3) is 11.0 Å². The number of halogens is 3. The number of anilines is 1. The Hall–Kier alpha value is -3.77. The van der Waals surface area contributed by atoms with E-state index in [2.05, 4.69) is 9.73 Å². The number of nitrogens with one attached hydrogen (secondary N) is 1. The smallest absolute Gasteiger partial charge is 0.449 e. The summed E-state index contributed by atoms with van der Waals surface area (Å²) < 4.78 is 42.5. The minimum Gasteiger partial charge on any atom is -0.451 e. The number of nitriles is 3. The Kier molecular flexibility index (Phi) is 4.25. The number of nitrogens with zero attached hydrogens (tertiary/aromatic N) is 3. The van der Waals surface area contributed by atoms with Gasteiger partial charge in [0.25, 0.3) is 0 Å². The molecule has 0 saturated carbocycles. The van der Waals surface area contributed by atoms with E-state index in [0.29, 0.717) is 6.07 Å². The molecule has 0 atom stereocenters. The third-order valence-electron chi connectivity index (χ3n) is 2.86. The summed E-state index contributed by atoms with van der Waals surface area (Å²) in [5, 5.41) is 28.7. The minimum atomic E-state index is -4.80. The van der Waals surface area contributed by atoms with E-state index in [1.165, 1.54) is 18.2 Å². The second kappa shape index (κ2) is 6.15. The van der Waals surface area contributed by atoms with Crippen molar-refractivity contribution in [3.8, 4) is 18.2 Å². The quantitative estimate of drug-likeness (QED) is 0.847. The molecule has 1 aromatic heterocycles. The Morgan fingerprint density at radius 2 is 1.75 bits per heavy atom. The summed E-state index contributed by atoms with van der Waals surface area (Å²) in [6, 6.07) is 8.50. The third-order valence-corrected chi connectivity index (χ3v) is 2.86. The number of fused-ring (bicyclic) bond motifs is 1. The molecular weight excluding hydrogens is 325 g/mol. The highest BCUT2D eigenvalue weighted by Crippen LogP contribution is 2.30. The van der Waals surface area contributed by atoms with Crippen LogP contribution in [0.1, 0.15) is 5.76 Å². The maximum atomic E-state index is 12.6. The fourth-order valence-corrected chi connectivity index (χ4v) is 1.80. The highest BCUT2D eigenvalue weighted by molar-refractivity contribution is 5.81. The molecule has 6 nitrogen and oxygen atoms in total. The predicted octanol–water partition coefficient (Wildman–Crippen LogP) is 3.05. The summed E-state index contributed by atoms with van der Waals surface area (Å²) in [5.74, 6) is -1.42. The van der Waals surface area contributed by atoms with Gasteiger partial charge in [0.1, 0.15) is 29.5 Å². The van der Waals surface area contributed by atoms with Crippen molar-refractivity contribution < 1.29 is 17.6 Å². The van der Waals surface area contributed by atoms with Gasteiger partial charge >= 0.3 is 6.18 Å². The maximum absolute atomic E-state index is 12.6. The lowest BCUT2D eigenvalue weighted by Gasteiger charge is -2.08. The molecule has 0 radical (unpaired) electrons. The van der Waals surface area contributed by atoms with E-state index < -0.39 is 22.9 Å². The molecule has 0 amide bonds.